The summed E-state index contributed by atoms with van der Waals surface area (Å²) in [5.41, 5.74) is 7.50. The number of aliphatic hydroxyl groups is 1. The van der Waals surface area contributed by atoms with Crippen LogP contribution in [-0.2, 0) is 0 Å². The standard InChI is InChI=1S/C17H18Cl2N6O2/c18-8-1-6-11(20)12(7-8)21-16-23-14(19)13-15(24-16)25(17(27)22-13)9-2-4-10(26)5-3-9/h1,6-7,9-10,26H,2-5,20H2,(H,22,27)(H,21,23,24). The molecule has 4 rings (SSSR count). The van der Waals surface area contributed by atoms with Crippen LogP contribution < -0.4 is 16.7 Å². The van der Waals surface area contributed by atoms with E-state index in [1.807, 2.05) is 0 Å². The third-order valence-corrected chi connectivity index (χ3v) is 5.33. The second-order valence-electron chi connectivity index (χ2n) is 6.66. The van der Waals surface area contributed by atoms with Crippen molar-refractivity contribution in [2.45, 2.75) is 37.8 Å². The number of anilines is 3. The number of nitrogens with two attached hydrogens (primary N) is 1. The Hall–Kier alpha value is -2.29. The quantitative estimate of drug-likeness (QED) is 0.389. The number of nitrogen functional groups attached to an aromatic ring is 1. The molecule has 0 amide bonds. The lowest BCUT2D eigenvalue weighted by Crippen LogP contribution is -2.27. The van der Waals surface area contributed by atoms with Gasteiger partial charge in [-0.1, -0.05) is 23.2 Å². The molecule has 0 aliphatic heterocycles. The number of nitrogens with zero attached hydrogens (tertiary/aromatic N) is 3. The second kappa shape index (κ2) is 7.03. The molecule has 1 fully saturated rings. The fraction of sp³-hybridized carbons (Fsp3) is 0.353. The Bertz CT molecular complexity index is 1060. The lowest BCUT2D eigenvalue weighted by molar-refractivity contribution is 0.111. The van der Waals surface area contributed by atoms with Gasteiger partial charge in [0.05, 0.1) is 17.5 Å². The SMILES string of the molecule is Nc1ccc(Cl)cc1Nc1nc(Cl)c2[nH]c(=O)n(C3CCC(O)CC3)c2n1. The van der Waals surface area contributed by atoms with E-state index in [-0.39, 0.29) is 28.9 Å². The molecular formula is C17H18Cl2N6O2. The van der Waals surface area contributed by atoms with Crippen LogP contribution in [0, 0.1) is 0 Å². The van der Waals surface area contributed by atoms with Crippen molar-refractivity contribution >= 4 is 51.7 Å². The van der Waals surface area contributed by atoms with Gasteiger partial charge in [0.15, 0.2) is 10.8 Å². The Kier molecular flexibility index (Phi) is 4.71. The molecule has 10 heteroatoms. The molecule has 142 valence electrons. The van der Waals surface area contributed by atoms with Gasteiger partial charge in [0.25, 0.3) is 0 Å². The molecule has 5 N–H and O–H groups in total. The number of aromatic nitrogens is 4. The van der Waals surface area contributed by atoms with E-state index in [9.17, 15) is 9.90 Å². The number of imidazole rings is 1. The molecule has 0 radical (unpaired) electrons. The van der Waals surface area contributed by atoms with Crippen molar-refractivity contribution in [2.24, 2.45) is 0 Å². The second-order valence-corrected chi connectivity index (χ2v) is 7.45. The number of hydrogen-bond acceptors (Lipinski definition) is 6. The lowest BCUT2D eigenvalue weighted by atomic mass is 9.93. The maximum absolute atomic E-state index is 12.5. The summed E-state index contributed by atoms with van der Waals surface area (Å²) in [4.78, 5) is 23.9. The summed E-state index contributed by atoms with van der Waals surface area (Å²) < 4.78 is 1.60. The monoisotopic (exact) mass is 408 g/mol. The van der Waals surface area contributed by atoms with Crippen LogP contribution in [0.3, 0.4) is 0 Å². The summed E-state index contributed by atoms with van der Waals surface area (Å²) in [7, 11) is 0. The van der Waals surface area contributed by atoms with E-state index in [1.54, 1.807) is 22.8 Å². The Labute approximate surface area is 164 Å². The fourth-order valence-electron chi connectivity index (χ4n) is 3.44. The smallest absolute Gasteiger partial charge is 0.328 e. The van der Waals surface area contributed by atoms with Gasteiger partial charge in [-0.05, 0) is 43.9 Å². The molecule has 1 aliphatic carbocycles. The summed E-state index contributed by atoms with van der Waals surface area (Å²) in [6.45, 7) is 0. The van der Waals surface area contributed by atoms with Crippen molar-refractivity contribution < 1.29 is 5.11 Å². The lowest BCUT2D eigenvalue weighted by Gasteiger charge is -2.26. The number of hydrogen-bond donors (Lipinski definition) is 4. The van der Waals surface area contributed by atoms with Crippen LogP contribution in [0.2, 0.25) is 10.2 Å². The molecule has 27 heavy (non-hydrogen) atoms. The molecule has 3 aromatic rings. The molecular weight excluding hydrogens is 391 g/mol. The number of aliphatic hydroxyl groups excluding tert-OH is 1. The highest BCUT2D eigenvalue weighted by atomic mass is 35.5. The topological polar surface area (TPSA) is 122 Å². The van der Waals surface area contributed by atoms with Crippen LogP contribution in [0.5, 0.6) is 0 Å². The van der Waals surface area contributed by atoms with Gasteiger partial charge in [0.1, 0.15) is 5.52 Å². The maximum atomic E-state index is 12.5. The molecule has 1 aromatic carbocycles. The molecule has 0 unspecified atom stereocenters. The average Bonchev–Trinajstić information content (AvgIpc) is 2.96. The van der Waals surface area contributed by atoms with E-state index < -0.39 is 0 Å². The van der Waals surface area contributed by atoms with Crippen LogP contribution in [-0.4, -0.2) is 30.7 Å². The van der Waals surface area contributed by atoms with Crippen molar-refractivity contribution in [3.05, 3.63) is 38.9 Å². The van der Waals surface area contributed by atoms with E-state index in [1.165, 1.54) is 0 Å². The van der Waals surface area contributed by atoms with Crippen molar-refractivity contribution in [1.82, 2.24) is 19.5 Å². The normalized spacial score (nSPS) is 20.1. The van der Waals surface area contributed by atoms with Crippen molar-refractivity contribution in [3.8, 4) is 0 Å². The molecule has 0 spiro atoms. The zero-order valence-electron chi connectivity index (χ0n) is 14.2. The van der Waals surface area contributed by atoms with Crippen molar-refractivity contribution in [2.75, 3.05) is 11.1 Å². The van der Waals surface area contributed by atoms with Gasteiger partial charge in [-0.25, -0.2) is 4.79 Å². The molecule has 0 atom stereocenters. The van der Waals surface area contributed by atoms with Crippen LogP contribution in [0.15, 0.2) is 23.0 Å². The molecule has 8 nitrogen and oxygen atoms in total. The number of benzene rings is 1. The summed E-state index contributed by atoms with van der Waals surface area (Å²) in [6, 6.07) is 4.96. The molecule has 0 saturated heterocycles. The molecule has 1 aliphatic rings. The third-order valence-electron chi connectivity index (χ3n) is 4.82. The van der Waals surface area contributed by atoms with Gasteiger partial charge >= 0.3 is 5.69 Å². The third kappa shape index (κ3) is 3.47. The number of aromatic amines is 1. The minimum atomic E-state index is -0.316. The zero-order chi connectivity index (χ0) is 19.1. The Balaban J connectivity index is 1.77. The van der Waals surface area contributed by atoms with Gasteiger partial charge in [-0.2, -0.15) is 9.97 Å². The minimum absolute atomic E-state index is 0.0512. The first-order valence-electron chi connectivity index (χ1n) is 8.60. The van der Waals surface area contributed by atoms with Crippen LogP contribution in [0.25, 0.3) is 11.2 Å². The molecule has 1 saturated carbocycles. The molecule has 2 aromatic heterocycles. The number of rotatable bonds is 3. The van der Waals surface area contributed by atoms with Gasteiger partial charge in [-0.3, -0.25) is 4.57 Å². The first-order chi connectivity index (χ1) is 12.9. The van der Waals surface area contributed by atoms with Gasteiger partial charge in [0, 0.05) is 11.1 Å². The Morgan fingerprint density at radius 1 is 1.22 bits per heavy atom. The number of nitrogens with one attached hydrogen (secondary N) is 2. The highest BCUT2D eigenvalue weighted by molar-refractivity contribution is 6.33. The van der Waals surface area contributed by atoms with E-state index in [0.29, 0.717) is 53.2 Å². The van der Waals surface area contributed by atoms with E-state index in [2.05, 4.69) is 20.3 Å². The maximum Gasteiger partial charge on any atom is 0.328 e. The summed E-state index contributed by atoms with van der Waals surface area (Å²) in [5, 5.41) is 13.4. The zero-order valence-corrected chi connectivity index (χ0v) is 15.8. The summed E-state index contributed by atoms with van der Waals surface area (Å²) in [6.07, 6.45) is 2.36. The van der Waals surface area contributed by atoms with Crippen LogP contribution in [0.1, 0.15) is 31.7 Å². The predicted molar refractivity (Wildman–Crippen MR) is 106 cm³/mol. The minimum Gasteiger partial charge on any atom is -0.397 e. The Morgan fingerprint density at radius 3 is 2.70 bits per heavy atom. The fourth-order valence-corrected chi connectivity index (χ4v) is 3.82. The summed E-state index contributed by atoms with van der Waals surface area (Å²) >= 11 is 12.3. The average molecular weight is 409 g/mol. The first-order valence-corrected chi connectivity index (χ1v) is 9.36. The highest BCUT2D eigenvalue weighted by Crippen LogP contribution is 2.31. The van der Waals surface area contributed by atoms with Crippen LogP contribution in [0.4, 0.5) is 17.3 Å². The van der Waals surface area contributed by atoms with E-state index >= 15 is 0 Å². The molecule has 0 bridgehead atoms. The van der Waals surface area contributed by atoms with Gasteiger partial charge in [-0.15, -0.1) is 0 Å². The highest BCUT2D eigenvalue weighted by Gasteiger charge is 2.25. The first kappa shape index (κ1) is 18.1. The predicted octanol–water partition coefficient (Wildman–Crippen LogP) is 3.23. The van der Waals surface area contributed by atoms with Crippen LogP contribution >= 0.6 is 23.2 Å². The number of halogens is 2. The molecule has 2 heterocycles. The number of H-pyrrole nitrogens is 1. The van der Waals surface area contributed by atoms with E-state index in [0.717, 1.165) is 0 Å². The summed E-state index contributed by atoms with van der Waals surface area (Å²) in [5.74, 6) is 0.213. The van der Waals surface area contributed by atoms with Crippen molar-refractivity contribution in [1.29, 1.82) is 0 Å². The van der Waals surface area contributed by atoms with E-state index in [4.69, 9.17) is 28.9 Å². The van der Waals surface area contributed by atoms with Gasteiger partial charge in [0.2, 0.25) is 5.95 Å². The van der Waals surface area contributed by atoms with Crippen molar-refractivity contribution in [3.63, 3.8) is 0 Å². The number of fused-ring (bicyclic) bond motifs is 1. The van der Waals surface area contributed by atoms with Gasteiger partial charge < -0.3 is 21.1 Å². The Morgan fingerprint density at radius 2 is 1.96 bits per heavy atom. The largest absolute Gasteiger partial charge is 0.397 e.